The lowest BCUT2D eigenvalue weighted by Gasteiger charge is -2.24. The summed E-state index contributed by atoms with van der Waals surface area (Å²) in [4.78, 5) is 13.4. The zero-order chi connectivity index (χ0) is 10.4. The molecule has 0 saturated carbocycles. The number of terminal acetylenes is 1. The summed E-state index contributed by atoms with van der Waals surface area (Å²) in [7, 11) is 0. The van der Waals surface area contributed by atoms with E-state index in [0.717, 1.165) is 0 Å². The second-order valence-corrected chi connectivity index (χ2v) is 3.59. The van der Waals surface area contributed by atoms with Crippen molar-refractivity contribution >= 4 is 5.91 Å². The van der Waals surface area contributed by atoms with Gasteiger partial charge in [0.15, 0.2) is 0 Å². The Bertz CT molecular complexity index is 203. The monoisotopic (exact) mass is 181 g/mol. The van der Waals surface area contributed by atoms with E-state index in [1.165, 1.54) is 0 Å². The van der Waals surface area contributed by atoms with E-state index in [1.54, 1.807) is 4.90 Å². The number of carbonyl (C=O) groups excluding carboxylic acids is 1. The highest BCUT2D eigenvalue weighted by atomic mass is 16.2. The fourth-order valence-electron chi connectivity index (χ4n) is 1.03. The van der Waals surface area contributed by atoms with Crippen LogP contribution in [0, 0.1) is 24.2 Å². The van der Waals surface area contributed by atoms with E-state index >= 15 is 0 Å². The van der Waals surface area contributed by atoms with E-state index in [0.29, 0.717) is 19.0 Å². The molecule has 74 valence electrons. The predicted molar refractivity (Wildman–Crippen MR) is 55.1 cm³/mol. The van der Waals surface area contributed by atoms with Crippen LogP contribution in [0.1, 0.15) is 27.7 Å². The second kappa shape index (κ2) is 5.64. The van der Waals surface area contributed by atoms with Crippen molar-refractivity contribution in [3.05, 3.63) is 0 Å². The van der Waals surface area contributed by atoms with E-state index in [-0.39, 0.29) is 11.8 Å². The Kier molecular flexibility index (Phi) is 5.22. The standard InChI is InChI=1S/C11H19NO/c1-6-8-12(7-2)11(13)10(5)9(3)4/h1,9-10H,7-8H2,2-5H3. The first-order valence-corrected chi connectivity index (χ1v) is 4.76. The van der Waals surface area contributed by atoms with Gasteiger partial charge in [-0.05, 0) is 12.8 Å². The molecule has 1 unspecified atom stereocenters. The SMILES string of the molecule is C#CCN(CC)C(=O)C(C)C(C)C. The Morgan fingerprint density at radius 2 is 2.00 bits per heavy atom. The molecule has 0 aliphatic rings. The van der Waals surface area contributed by atoms with Gasteiger partial charge in [0.25, 0.3) is 0 Å². The fraction of sp³-hybridized carbons (Fsp3) is 0.727. The van der Waals surface area contributed by atoms with E-state index in [4.69, 9.17) is 6.42 Å². The molecule has 0 aromatic rings. The van der Waals surface area contributed by atoms with Crippen molar-refractivity contribution < 1.29 is 4.79 Å². The maximum absolute atomic E-state index is 11.7. The van der Waals surface area contributed by atoms with Crippen molar-refractivity contribution in [3.8, 4) is 12.3 Å². The fourth-order valence-corrected chi connectivity index (χ4v) is 1.03. The topological polar surface area (TPSA) is 20.3 Å². The second-order valence-electron chi connectivity index (χ2n) is 3.59. The van der Waals surface area contributed by atoms with Crippen molar-refractivity contribution in [1.29, 1.82) is 0 Å². The largest absolute Gasteiger partial charge is 0.332 e. The third-order valence-corrected chi connectivity index (χ3v) is 2.37. The molecule has 0 spiro atoms. The van der Waals surface area contributed by atoms with Gasteiger partial charge in [-0.2, -0.15) is 0 Å². The van der Waals surface area contributed by atoms with Crippen molar-refractivity contribution in [2.24, 2.45) is 11.8 Å². The minimum atomic E-state index is 0.0632. The highest BCUT2D eigenvalue weighted by Crippen LogP contribution is 2.12. The molecule has 0 radical (unpaired) electrons. The van der Waals surface area contributed by atoms with Crippen LogP contribution in [-0.2, 0) is 4.79 Å². The number of rotatable bonds is 4. The summed E-state index contributed by atoms with van der Waals surface area (Å²) in [6.07, 6.45) is 5.18. The van der Waals surface area contributed by atoms with Crippen LogP contribution in [0.3, 0.4) is 0 Å². The first kappa shape index (κ1) is 12.0. The Balaban J connectivity index is 4.29. The lowest BCUT2D eigenvalue weighted by molar-refractivity contribution is -0.135. The molecule has 1 atom stereocenters. The molecule has 0 heterocycles. The summed E-state index contributed by atoms with van der Waals surface area (Å²) in [6.45, 7) is 9.11. The Morgan fingerprint density at radius 3 is 2.31 bits per heavy atom. The van der Waals surface area contributed by atoms with Gasteiger partial charge in [-0.3, -0.25) is 4.79 Å². The van der Waals surface area contributed by atoms with Crippen LogP contribution in [0.5, 0.6) is 0 Å². The van der Waals surface area contributed by atoms with Crippen LogP contribution >= 0.6 is 0 Å². The van der Waals surface area contributed by atoms with Gasteiger partial charge >= 0.3 is 0 Å². The zero-order valence-corrected chi connectivity index (χ0v) is 9.00. The lowest BCUT2D eigenvalue weighted by atomic mass is 9.96. The summed E-state index contributed by atoms with van der Waals surface area (Å²) in [6, 6.07) is 0. The number of hydrogen-bond donors (Lipinski definition) is 0. The quantitative estimate of drug-likeness (QED) is 0.605. The predicted octanol–water partition coefficient (Wildman–Crippen LogP) is 1.76. The molecular formula is C11H19NO. The molecule has 0 saturated heterocycles. The summed E-state index contributed by atoms with van der Waals surface area (Å²) in [5.41, 5.74) is 0. The first-order chi connectivity index (χ1) is 6.04. The molecule has 0 aliphatic heterocycles. The molecule has 0 aromatic heterocycles. The van der Waals surface area contributed by atoms with Crippen molar-refractivity contribution in [3.63, 3.8) is 0 Å². The molecule has 2 nitrogen and oxygen atoms in total. The molecular weight excluding hydrogens is 162 g/mol. The van der Waals surface area contributed by atoms with Gasteiger partial charge < -0.3 is 4.90 Å². The van der Waals surface area contributed by atoms with Crippen LogP contribution in [0.25, 0.3) is 0 Å². The van der Waals surface area contributed by atoms with Gasteiger partial charge in [-0.15, -0.1) is 6.42 Å². The Hall–Kier alpha value is -0.970. The lowest BCUT2D eigenvalue weighted by Crippen LogP contribution is -2.37. The molecule has 0 fully saturated rings. The molecule has 2 heteroatoms. The first-order valence-electron chi connectivity index (χ1n) is 4.76. The summed E-state index contributed by atoms with van der Waals surface area (Å²) in [5.74, 6) is 3.10. The summed E-state index contributed by atoms with van der Waals surface area (Å²) >= 11 is 0. The normalized spacial score (nSPS) is 12.3. The molecule has 0 aromatic carbocycles. The van der Waals surface area contributed by atoms with Gasteiger partial charge in [0, 0.05) is 12.5 Å². The van der Waals surface area contributed by atoms with Gasteiger partial charge in [0.05, 0.1) is 6.54 Å². The van der Waals surface area contributed by atoms with E-state index in [9.17, 15) is 4.79 Å². The minimum absolute atomic E-state index is 0.0632. The van der Waals surface area contributed by atoms with Crippen LogP contribution in [0.15, 0.2) is 0 Å². The third kappa shape index (κ3) is 3.50. The molecule has 13 heavy (non-hydrogen) atoms. The summed E-state index contributed by atoms with van der Waals surface area (Å²) < 4.78 is 0. The van der Waals surface area contributed by atoms with Gasteiger partial charge in [0.1, 0.15) is 0 Å². The number of carbonyl (C=O) groups is 1. The highest BCUT2D eigenvalue weighted by molar-refractivity contribution is 5.78. The van der Waals surface area contributed by atoms with Crippen molar-refractivity contribution in [2.75, 3.05) is 13.1 Å². The van der Waals surface area contributed by atoms with Gasteiger partial charge in [0.2, 0.25) is 5.91 Å². The minimum Gasteiger partial charge on any atom is -0.332 e. The van der Waals surface area contributed by atoms with Crippen molar-refractivity contribution in [2.45, 2.75) is 27.7 Å². The Labute approximate surface area is 81.3 Å². The molecule has 0 rings (SSSR count). The molecule has 0 N–H and O–H groups in total. The maximum Gasteiger partial charge on any atom is 0.226 e. The van der Waals surface area contributed by atoms with E-state index in [1.807, 2.05) is 27.7 Å². The van der Waals surface area contributed by atoms with Gasteiger partial charge in [-0.25, -0.2) is 0 Å². The highest BCUT2D eigenvalue weighted by Gasteiger charge is 2.20. The maximum atomic E-state index is 11.7. The average Bonchev–Trinajstić information content (AvgIpc) is 2.11. The zero-order valence-electron chi connectivity index (χ0n) is 9.00. The van der Waals surface area contributed by atoms with Crippen LogP contribution < -0.4 is 0 Å². The van der Waals surface area contributed by atoms with Crippen LogP contribution in [0.2, 0.25) is 0 Å². The average molecular weight is 181 g/mol. The molecule has 1 amide bonds. The van der Waals surface area contributed by atoms with Crippen molar-refractivity contribution in [1.82, 2.24) is 4.90 Å². The molecule has 0 bridgehead atoms. The smallest absolute Gasteiger partial charge is 0.226 e. The van der Waals surface area contributed by atoms with Crippen LogP contribution in [0.4, 0.5) is 0 Å². The van der Waals surface area contributed by atoms with E-state index < -0.39 is 0 Å². The van der Waals surface area contributed by atoms with E-state index in [2.05, 4.69) is 5.92 Å². The molecule has 0 aliphatic carbocycles. The summed E-state index contributed by atoms with van der Waals surface area (Å²) in [5, 5.41) is 0. The van der Waals surface area contributed by atoms with Crippen LogP contribution in [-0.4, -0.2) is 23.9 Å². The Morgan fingerprint density at radius 1 is 1.46 bits per heavy atom. The third-order valence-electron chi connectivity index (χ3n) is 2.37. The number of hydrogen-bond acceptors (Lipinski definition) is 1. The number of nitrogens with zero attached hydrogens (tertiary/aromatic N) is 1. The number of amides is 1. The van der Waals surface area contributed by atoms with Gasteiger partial charge in [-0.1, -0.05) is 26.7 Å².